The molecule has 0 aliphatic carbocycles. The molecule has 26 heavy (non-hydrogen) atoms. The Labute approximate surface area is 154 Å². The zero-order valence-electron chi connectivity index (χ0n) is 15.2. The zero-order valence-corrected chi connectivity index (χ0v) is 15.2. The highest BCUT2D eigenvalue weighted by Gasteiger charge is 2.12. The van der Waals surface area contributed by atoms with Crippen LogP contribution in [-0.4, -0.2) is 13.1 Å². The third kappa shape index (κ3) is 4.31. The average molecular weight is 345 g/mol. The highest BCUT2D eigenvalue weighted by atomic mass is 16.5. The van der Waals surface area contributed by atoms with E-state index in [9.17, 15) is 4.79 Å². The van der Waals surface area contributed by atoms with Gasteiger partial charge in [-0.2, -0.15) is 0 Å². The number of methoxy groups -OCH3 is 1. The van der Waals surface area contributed by atoms with Crippen LogP contribution in [0.25, 0.3) is 0 Å². The monoisotopic (exact) mass is 345 g/mol. The van der Waals surface area contributed by atoms with Gasteiger partial charge in [0.1, 0.15) is 0 Å². The van der Waals surface area contributed by atoms with E-state index in [1.165, 1.54) is 12.7 Å². The van der Waals surface area contributed by atoms with Gasteiger partial charge >= 0.3 is 5.97 Å². The Balaban J connectivity index is 1.90. The average Bonchev–Trinajstić information content (AvgIpc) is 2.69. The number of hydrogen-bond acceptors (Lipinski definition) is 3. The fraction of sp³-hybridized carbons (Fsp3) is 0.174. The minimum atomic E-state index is -0.181. The van der Waals surface area contributed by atoms with Crippen LogP contribution < -0.4 is 4.90 Å². The summed E-state index contributed by atoms with van der Waals surface area (Å²) in [7, 11) is 1.42. The van der Waals surface area contributed by atoms with Crippen molar-refractivity contribution in [3.63, 3.8) is 0 Å². The zero-order chi connectivity index (χ0) is 18.4. The van der Waals surface area contributed by atoms with Crippen LogP contribution in [-0.2, 0) is 16.0 Å². The van der Waals surface area contributed by atoms with Gasteiger partial charge in [-0.05, 0) is 55.3 Å². The van der Waals surface area contributed by atoms with Gasteiger partial charge in [0.15, 0.2) is 0 Å². The maximum Gasteiger partial charge on any atom is 0.305 e. The summed E-state index contributed by atoms with van der Waals surface area (Å²) in [4.78, 5) is 13.6. The van der Waals surface area contributed by atoms with Gasteiger partial charge in [0.05, 0.1) is 7.11 Å². The molecular formula is C23H23NO2. The quantitative estimate of drug-likeness (QED) is 0.547. The van der Waals surface area contributed by atoms with E-state index in [1.54, 1.807) is 0 Å². The van der Waals surface area contributed by atoms with Gasteiger partial charge in [0.25, 0.3) is 0 Å². The summed E-state index contributed by atoms with van der Waals surface area (Å²) < 4.78 is 4.71. The third-order valence-electron chi connectivity index (χ3n) is 4.35. The Bertz CT molecular complexity index is 840. The Hall–Kier alpha value is -3.07. The molecule has 0 heterocycles. The molecule has 3 aromatic rings. The number of benzene rings is 3. The first-order valence-corrected chi connectivity index (χ1v) is 8.75. The molecule has 3 aromatic carbocycles. The number of anilines is 3. The van der Waals surface area contributed by atoms with Crippen molar-refractivity contribution in [2.24, 2.45) is 0 Å². The Morgan fingerprint density at radius 2 is 1.35 bits per heavy atom. The fourth-order valence-corrected chi connectivity index (χ4v) is 2.88. The van der Waals surface area contributed by atoms with Crippen LogP contribution in [0.5, 0.6) is 0 Å². The third-order valence-corrected chi connectivity index (χ3v) is 4.35. The smallest absolute Gasteiger partial charge is 0.305 e. The molecule has 0 fully saturated rings. The predicted molar refractivity (Wildman–Crippen MR) is 106 cm³/mol. The molecule has 0 atom stereocenters. The number of aryl methyl sites for hydroxylation is 2. The number of esters is 1. The van der Waals surface area contributed by atoms with Crippen LogP contribution in [0, 0.1) is 6.92 Å². The molecule has 3 nitrogen and oxygen atoms in total. The van der Waals surface area contributed by atoms with Crippen molar-refractivity contribution < 1.29 is 9.53 Å². The van der Waals surface area contributed by atoms with Gasteiger partial charge in [-0.15, -0.1) is 0 Å². The molecule has 0 aliphatic heterocycles. The van der Waals surface area contributed by atoms with E-state index < -0.39 is 0 Å². The van der Waals surface area contributed by atoms with E-state index in [-0.39, 0.29) is 5.97 Å². The van der Waals surface area contributed by atoms with Gasteiger partial charge in [0.2, 0.25) is 0 Å². The van der Waals surface area contributed by atoms with Crippen molar-refractivity contribution in [3.05, 3.63) is 90.0 Å². The molecule has 0 N–H and O–H groups in total. The summed E-state index contributed by atoms with van der Waals surface area (Å²) in [5.41, 5.74) is 5.67. The first-order chi connectivity index (χ1) is 12.7. The number of hydrogen-bond donors (Lipinski definition) is 0. The van der Waals surface area contributed by atoms with Crippen LogP contribution >= 0.6 is 0 Å². The van der Waals surface area contributed by atoms with Crippen molar-refractivity contribution >= 4 is 23.0 Å². The lowest BCUT2D eigenvalue weighted by atomic mass is 10.1. The largest absolute Gasteiger partial charge is 0.469 e. The van der Waals surface area contributed by atoms with E-state index in [0.717, 1.165) is 22.6 Å². The predicted octanol–water partition coefficient (Wildman–Crippen LogP) is 5.57. The second-order valence-corrected chi connectivity index (χ2v) is 6.25. The summed E-state index contributed by atoms with van der Waals surface area (Å²) >= 11 is 0. The summed E-state index contributed by atoms with van der Waals surface area (Å²) in [6.07, 6.45) is 1.08. The lowest BCUT2D eigenvalue weighted by Crippen LogP contribution is -2.10. The minimum absolute atomic E-state index is 0.181. The van der Waals surface area contributed by atoms with Crippen LogP contribution in [0.1, 0.15) is 17.5 Å². The number of para-hydroxylation sites is 1. The molecule has 0 saturated carbocycles. The van der Waals surface area contributed by atoms with Crippen LogP contribution in [0.4, 0.5) is 17.1 Å². The Morgan fingerprint density at radius 3 is 1.92 bits per heavy atom. The van der Waals surface area contributed by atoms with Gasteiger partial charge < -0.3 is 9.64 Å². The molecule has 132 valence electrons. The molecular weight excluding hydrogens is 322 g/mol. The van der Waals surface area contributed by atoms with Crippen LogP contribution in [0.15, 0.2) is 78.9 Å². The lowest BCUT2D eigenvalue weighted by molar-refractivity contribution is -0.140. The molecule has 0 radical (unpaired) electrons. The second kappa shape index (κ2) is 8.34. The van der Waals surface area contributed by atoms with E-state index in [2.05, 4.69) is 72.5 Å². The standard InChI is InChI=1S/C23H23NO2/c1-18-8-13-21(14-9-18)24(20-6-4-3-5-7-20)22-15-10-19(11-16-22)12-17-23(25)26-2/h3-11,13-16H,12,17H2,1-2H3. The molecule has 3 rings (SSSR count). The van der Waals surface area contributed by atoms with Gasteiger partial charge in [-0.25, -0.2) is 0 Å². The first-order valence-electron chi connectivity index (χ1n) is 8.75. The first kappa shape index (κ1) is 17.7. The minimum Gasteiger partial charge on any atom is -0.469 e. The summed E-state index contributed by atoms with van der Waals surface area (Å²) in [5, 5.41) is 0. The summed E-state index contributed by atoms with van der Waals surface area (Å²) in [5.74, 6) is -0.181. The number of rotatable bonds is 6. The van der Waals surface area contributed by atoms with Crippen molar-refractivity contribution in [2.75, 3.05) is 12.0 Å². The fourth-order valence-electron chi connectivity index (χ4n) is 2.88. The van der Waals surface area contributed by atoms with Crippen molar-refractivity contribution in [1.29, 1.82) is 0 Å². The molecule has 0 amide bonds. The molecule has 0 spiro atoms. The SMILES string of the molecule is COC(=O)CCc1ccc(N(c2ccccc2)c2ccc(C)cc2)cc1. The number of carbonyl (C=O) groups excluding carboxylic acids is 1. The highest BCUT2D eigenvalue weighted by molar-refractivity contribution is 5.76. The van der Waals surface area contributed by atoms with E-state index in [4.69, 9.17) is 4.74 Å². The maximum atomic E-state index is 11.3. The Kier molecular flexibility index (Phi) is 5.69. The Morgan fingerprint density at radius 1 is 0.808 bits per heavy atom. The number of ether oxygens (including phenoxy) is 1. The van der Waals surface area contributed by atoms with Crippen molar-refractivity contribution in [1.82, 2.24) is 0 Å². The normalized spacial score (nSPS) is 10.4. The van der Waals surface area contributed by atoms with E-state index >= 15 is 0 Å². The van der Waals surface area contributed by atoms with E-state index in [0.29, 0.717) is 12.8 Å². The molecule has 0 unspecified atom stereocenters. The summed E-state index contributed by atoms with van der Waals surface area (Å²) in [6.45, 7) is 2.09. The van der Waals surface area contributed by atoms with Crippen molar-refractivity contribution in [2.45, 2.75) is 19.8 Å². The number of nitrogens with zero attached hydrogens (tertiary/aromatic N) is 1. The number of carbonyl (C=O) groups is 1. The molecule has 0 saturated heterocycles. The topological polar surface area (TPSA) is 29.5 Å². The van der Waals surface area contributed by atoms with Crippen molar-refractivity contribution in [3.8, 4) is 0 Å². The molecule has 0 bridgehead atoms. The maximum absolute atomic E-state index is 11.3. The lowest BCUT2D eigenvalue weighted by Gasteiger charge is -2.25. The van der Waals surface area contributed by atoms with Gasteiger partial charge in [-0.1, -0.05) is 48.0 Å². The van der Waals surface area contributed by atoms with Gasteiger partial charge in [0, 0.05) is 23.5 Å². The van der Waals surface area contributed by atoms with Crippen LogP contribution in [0.2, 0.25) is 0 Å². The van der Waals surface area contributed by atoms with E-state index in [1.807, 2.05) is 18.2 Å². The van der Waals surface area contributed by atoms with Crippen LogP contribution in [0.3, 0.4) is 0 Å². The molecule has 0 aromatic heterocycles. The summed E-state index contributed by atoms with van der Waals surface area (Å²) in [6, 6.07) is 27.2. The van der Waals surface area contributed by atoms with Gasteiger partial charge in [-0.3, -0.25) is 4.79 Å². The highest BCUT2D eigenvalue weighted by Crippen LogP contribution is 2.34. The molecule has 3 heteroatoms. The molecule has 0 aliphatic rings. The second-order valence-electron chi connectivity index (χ2n) is 6.25.